The minimum atomic E-state index is -0.783. The van der Waals surface area contributed by atoms with Gasteiger partial charge in [-0.3, -0.25) is 9.59 Å². The zero-order valence-electron chi connectivity index (χ0n) is 25.5. The van der Waals surface area contributed by atoms with Crippen LogP contribution in [-0.4, -0.2) is 23.1 Å². The predicted octanol–water partition coefficient (Wildman–Crippen LogP) is 11.1. The second-order valence-electron chi connectivity index (χ2n) is 11.3. The first-order valence-corrected chi connectivity index (χ1v) is 16.7. The van der Waals surface area contributed by atoms with Gasteiger partial charge in [0.15, 0.2) is 0 Å². The van der Waals surface area contributed by atoms with Crippen molar-refractivity contribution in [1.82, 2.24) is 0 Å². The van der Waals surface area contributed by atoms with Crippen LogP contribution in [0.4, 0.5) is 0 Å². The molecular formula is C34H64O4. The quantitative estimate of drug-likeness (QED) is 0.0563. The zero-order valence-corrected chi connectivity index (χ0v) is 25.5. The van der Waals surface area contributed by atoms with Crippen LogP contribution in [-0.2, 0) is 14.3 Å². The third-order valence-corrected chi connectivity index (χ3v) is 7.47. The smallest absolute Gasteiger partial charge is 0.306 e. The Bertz CT molecular complexity index is 543. The van der Waals surface area contributed by atoms with E-state index in [1.807, 2.05) is 0 Å². The molecule has 1 unspecified atom stereocenters. The van der Waals surface area contributed by atoms with Crippen molar-refractivity contribution in [2.45, 2.75) is 193 Å². The van der Waals surface area contributed by atoms with Gasteiger partial charge in [-0.25, -0.2) is 0 Å². The number of ether oxygens (including phenoxy) is 1. The van der Waals surface area contributed by atoms with E-state index < -0.39 is 5.97 Å². The number of aliphatic carboxylic acids is 1. The van der Waals surface area contributed by atoms with Crippen LogP contribution in [0.1, 0.15) is 187 Å². The number of carbonyl (C=O) groups is 2. The number of hydrogen-bond acceptors (Lipinski definition) is 3. The summed E-state index contributed by atoms with van der Waals surface area (Å²) in [6.45, 7) is 4.35. The third-order valence-electron chi connectivity index (χ3n) is 7.47. The van der Waals surface area contributed by atoms with Crippen LogP contribution >= 0.6 is 0 Å². The summed E-state index contributed by atoms with van der Waals surface area (Å²) in [6.07, 6.45) is 36.1. The van der Waals surface area contributed by atoms with Crippen molar-refractivity contribution >= 4 is 11.9 Å². The number of hydrogen-bond donors (Lipinski definition) is 1. The number of carbonyl (C=O) groups excluding carboxylic acids is 1. The Kier molecular flexibility index (Phi) is 29.2. The number of unbranched alkanes of at least 4 members (excludes halogenated alkanes) is 19. The fraction of sp³-hybridized carbons (Fsp3) is 0.882. The maximum absolute atomic E-state index is 12.1. The minimum Gasteiger partial charge on any atom is -0.481 e. The van der Waals surface area contributed by atoms with Gasteiger partial charge in [0.25, 0.3) is 0 Å². The largest absolute Gasteiger partial charge is 0.481 e. The summed E-state index contributed by atoms with van der Waals surface area (Å²) < 4.78 is 5.59. The van der Waals surface area contributed by atoms with E-state index in [0.29, 0.717) is 19.3 Å². The van der Waals surface area contributed by atoms with Crippen molar-refractivity contribution in [3.05, 3.63) is 12.2 Å². The van der Waals surface area contributed by atoms with Crippen LogP contribution in [0.25, 0.3) is 0 Å². The monoisotopic (exact) mass is 536 g/mol. The van der Waals surface area contributed by atoms with E-state index in [1.165, 1.54) is 122 Å². The maximum atomic E-state index is 12.1. The molecule has 0 aromatic carbocycles. The highest BCUT2D eigenvalue weighted by Crippen LogP contribution is 2.16. The third kappa shape index (κ3) is 29.2. The highest BCUT2D eigenvalue weighted by molar-refractivity contribution is 5.69. The molecule has 0 fully saturated rings. The molecule has 0 radical (unpaired) electrons. The van der Waals surface area contributed by atoms with E-state index in [2.05, 4.69) is 26.0 Å². The van der Waals surface area contributed by atoms with E-state index in [4.69, 9.17) is 9.84 Å². The average molecular weight is 537 g/mol. The van der Waals surface area contributed by atoms with Gasteiger partial charge in [0.1, 0.15) is 6.10 Å². The number of carboxylic acids is 1. The summed E-state index contributed by atoms with van der Waals surface area (Å²) in [5.74, 6) is -0.896. The lowest BCUT2D eigenvalue weighted by molar-refractivity contribution is -0.150. The molecule has 1 atom stereocenters. The number of esters is 1. The number of allylic oxidation sites excluding steroid dienone is 2. The molecule has 0 aliphatic carbocycles. The summed E-state index contributed by atoms with van der Waals surface area (Å²) in [5, 5.41) is 8.77. The molecule has 0 saturated heterocycles. The minimum absolute atomic E-state index is 0.113. The molecule has 0 rings (SSSR count). The average Bonchev–Trinajstić information content (AvgIpc) is 2.89. The lowest BCUT2D eigenvalue weighted by Crippen LogP contribution is -2.18. The highest BCUT2D eigenvalue weighted by atomic mass is 16.5. The Morgan fingerprint density at radius 1 is 0.553 bits per heavy atom. The molecule has 0 aromatic rings. The molecular weight excluding hydrogens is 472 g/mol. The molecule has 1 N–H and O–H groups in total. The normalized spacial score (nSPS) is 12.3. The van der Waals surface area contributed by atoms with Gasteiger partial charge in [-0.2, -0.15) is 0 Å². The Morgan fingerprint density at radius 2 is 1.00 bits per heavy atom. The highest BCUT2D eigenvalue weighted by Gasteiger charge is 2.14. The summed E-state index contributed by atoms with van der Waals surface area (Å²) in [4.78, 5) is 22.8. The maximum Gasteiger partial charge on any atom is 0.306 e. The molecule has 224 valence electrons. The van der Waals surface area contributed by atoms with Crippen molar-refractivity contribution in [1.29, 1.82) is 0 Å². The topological polar surface area (TPSA) is 63.6 Å². The number of carboxylic acid groups (broad SMARTS) is 1. The zero-order chi connectivity index (χ0) is 27.9. The molecule has 0 aliphatic rings. The van der Waals surface area contributed by atoms with Gasteiger partial charge in [-0.1, -0.05) is 135 Å². The molecule has 38 heavy (non-hydrogen) atoms. The molecule has 0 aliphatic heterocycles. The Balaban J connectivity index is 3.37. The Labute approximate surface area is 236 Å². The van der Waals surface area contributed by atoms with Gasteiger partial charge < -0.3 is 9.84 Å². The van der Waals surface area contributed by atoms with Gasteiger partial charge in [0.05, 0.1) is 0 Å². The van der Waals surface area contributed by atoms with Crippen molar-refractivity contribution in [3.63, 3.8) is 0 Å². The SMILES string of the molecule is CCCCCCCCCC/C=C\CCCCCCCCCCCCCC(=O)OC(CCC)CCCC(=O)O. The summed E-state index contributed by atoms with van der Waals surface area (Å²) >= 11 is 0. The number of rotatable bonds is 30. The molecule has 0 heterocycles. The predicted molar refractivity (Wildman–Crippen MR) is 163 cm³/mol. The Hall–Kier alpha value is -1.32. The molecule has 0 aromatic heterocycles. The van der Waals surface area contributed by atoms with Gasteiger partial charge in [-0.05, 0) is 51.4 Å². The summed E-state index contributed by atoms with van der Waals surface area (Å²) in [6, 6.07) is 0. The fourth-order valence-electron chi connectivity index (χ4n) is 5.06. The van der Waals surface area contributed by atoms with Crippen molar-refractivity contribution in [2.24, 2.45) is 0 Å². The van der Waals surface area contributed by atoms with Crippen molar-refractivity contribution in [3.8, 4) is 0 Å². The second-order valence-corrected chi connectivity index (χ2v) is 11.3. The van der Waals surface area contributed by atoms with E-state index in [-0.39, 0.29) is 18.5 Å². The van der Waals surface area contributed by atoms with Crippen LogP contribution in [0.15, 0.2) is 12.2 Å². The molecule has 4 nitrogen and oxygen atoms in total. The van der Waals surface area contributed by atoms with Crippen LogP contribution < -0.4 is 0 Å². The molecule has 0 bridgehead atoms. The van der Waals surface area contributed by atoms with Crippen LogP contribution in [0.2, 0.25) is 0 Å². The molecule has 0 amide bonds. The second kappa shape index (κ2) is 30.2. The Morgan fingerprint density at radius 3 is 1.45 bits per heavy atom. The first kappa shape index (κ1) is 36.7. The van der Waals surface area contributed by atoms with E-state index in [0.717, 1.165) is 25.7 Å². The van der Waals surface area contributed by atoms with Gasteiger partial charge in [0.2, 0.25) is 0 Å². The lowest BCUT2D eigenvalue weighted by atomic mass is 10.0. The van der Waals surface area contributed by atoms with Crippen LogP contribution in [0.5, 0.6) is 0 Å². The molecule has 0 saturated carbocycles. The van der Waals surface area contributed by atoms with E-state index in [9.17, 15) is 9.59 Å². The first-order valence-electron chi connectivity index (χ1n) is 16.7. The molecule has 4 heteroatoms. The summed E-state index contributed by atoms with van der Waals surface area (Å²) in [7, 11) is 0. The van der Waals surface area contributed by atoms with E-state index >= 15 is 0 Å². The van der Waals surface area contributed by atoms with Crippen LogP contribution in [0.3, 0.4) is 0 Å². The van der Waals surface area contributed by atoms with E-state index in [1.54, 1.807) is 0 Å². The van der Waals surface area contributed by atoms with Crippen molar-refractivity contribution in [2.75, 3.05) is 0 Å². The molecule has 0 spiro atoms. The standard InChI is InChI=1S/C34H64O4/c1-3-5-6-7-8-9-10-11-12-13-14-15-16-17-18-19-20-21-22-23-24-25-26-31-34(37)38-32(28-4-2)29-27-30-33(35)36/h13-14,32H,3-12,15-31H2,1-2H3,(H,35,36)/b14-13-. The first-order chi connectivity index (χ1) is 18.6. The summed E-state index contributed by atoms with van der Waals surface area (Å²) in [5.41, 5.74) is 0. The van der Waals surface area contributed by atoms with Crippen LogP contribution in [0, 0.1) is 0 Å². The fourth-order valence-corrected chi connectivity index (χ4v) is 5.06. The van der Waals surface area contributed by atoms with Gasteiger partial charge in [-0.15, -0.1) is 0 Å². The van der Waals surface area contributed by atoms with Gasteiger partial charge in [0, 0.05) is 12.8 Å². The van der Waals surface area contributed by atoms with Gasteiger partial charge >= 0.3 is 11.9 Å². The van der Waals surface area contributed by atoms with Crippen molar-refractivity contribution < 1.29 is 19.4 Å². The lowest BCUT2D eigenvalue weighted by Gasteiger charge is -2.17.